The fourth-order valence-corrected chi connectivity index (χ4v) is 10.00. The molecule has 19 nitrogen and oxygen atoms in total. The number of piperazine rings is 1. The van der Waals surface area contributed by atoms with Gasteiger partial charge < -0.3 is 31.9 Å². The van der Waals surface area contributed by atoms with E-state index in [1.165, 1.54) is 14.0 Å². The van der Waals surface area contributed by atoms with Gasteiger partial charge in [0.15, 0.2) is 0 Å². The maximum absolute atomic E-state index is 14.1. The Morgan fingerprint density at radius 1 is 0.791 bits per heavy atom. The van der Waals surface area contributed by atoms with Crippen molar-refractivity contribution in [3.8, 4) is 0 Å². The van der Waals surface area contributed by atoms with Gasteiger partial charge in [0.25, 0.3) is 0 Å². The Labute approximate surface area is 387 Å². The average molecular weight is 918 g/mol. The lowest BCUT2D eigenvalue weighted by Crippen LogP contribution is -2.61. The summed E-state index contributed by atoms with van der Waals surface area (Å²) in [6.07, 6.45) is 1.56. The van der Waals surface area contributed by atoms with Crippen molar-refractivity contribution in [2.45, 2.75) is 87.7 Å². The largest absolute Gasteiger partial charge is 0.370 e. The van der Waals surface area contributed by atoms with Gasteiger partial charge in [0.05, 0.1) is 23.6 Å². The van der Waals surface area contributed by atoms with Gasteiger partial charge >= 0.3 is 5.69 Å². The Morgan fingerprint density at radius 2 is 1.46 bits per heavy atom. The van der Waals surface area contributed by atoms with Crippen molar-refractivity contribution in [1.29, 1.82) is 0 Å². The topological polar surface area (TPSA) is 248 Å². The molecule has 4 saturated heterocycles. The minimum absolute atomic E-state index is 0.00452. The average Bonchev–Trinajstić information content (AvgIpc) is 3.85. The third kappa shape index (κ3) is 10.5. The first-order valence-electron chi connectivity index (χ1n) is 23.1. The highest BCUT2D eigenvalue weighted by molar-refractivity contribution is 6.00. The molecule has 0 bridgehead atoms. The number of amides is 7. The number of rotatable bonds is 14. The van der Waals surface area contributed by atoms with Gasteiger partial charge in [0.2, 0.25) is 41.4 Å². The summed E-state index contributed by atoms with van der Waals surface area (Å²) in [6, 6.07) is 19.9. The number of imide groups is 1. The number of fused-ring (bicyclic) bond motifs is 2. The number of nitrogens with zero attached hydrogens (tertiary/aromatic N) is 6. The normalized spacial score (nSPS) is 22.2. The molecule has 1 unspecified atom stereocenters. The zero-order valence-corrected chi connectivity index (χ0v) is 37.7. The maximum Gasteiger partial charge on any atom is 0.329 e. The second-order valence-electron chi connectivity index (χ2n) is 18.1. The summed E-state index contributed by atoms with van der Waals surface area (Å²) in [7, 11) is 1.67. The number of imidazole rings is 1. The molecule has 4 aliphatic rings. The Balaban J connectivity index is 0.847. The van der Waals surface area contributed by atoms with Crippen LogP contribution in [-0.4, -0.2) is 140 Å². The molecule has 67 heavy (non-hydrogen) atoms. The van der Waals surface area contributed by atoms with Crippen LogP contribution in [0.5, 0.6) is 0 Å². The fourth-order valence-electron chi connectivity index (χ4n) is 10.00. The summed E-state index contributed by atoms with van der Waals surface area (Å²) in [5, 5.41) is 8.24. The van der Waals surface area contributed by atoms with Gasteiger partial charge in [-0.3, -0.25) is 57.8 Å². The first-order valence-corrected chi connectivity index (χ1v) is 23.1. The van der Waals surface area contributed by atoms with Crippen molar-refractivity contribution in [2.24, 2.45) is 18.5 Å². The van der Waals surface area contributed by atoms with Crippen LogP contribution in [0.3, 0.4) is 0 Å². The van der Waals surface area contributed by atoms with Gasteiger partial charge in [0.1, 0.15) is 24.2 Å². The maximum atomic E-state index is 14.1. The van der Waals surface area contributed by atoms with E-state index < -0.39 is 59.7 Å². The minimum atomic E-state index is -1.12. The predicted octanol–water partition coefficient (Wildman–Crippen LogP) is 0.0106. The van der Waals surface area contributed by atoms with E-state index in [1.54, 1.807) is 11.9 Å². The summed E-state index contributed by atoms with van der Waals surface area (Å²) < 4.78 is 3.00. The molecule has 4 aromatic rings. The third-order valence-corrected chi connectivity index (χ3v) is 13.6. The number of primary amides is 1. The van der Waals surface area contributed by atoms with Crippen molar-refractivity contribution in [1.82, 2.24) is 44.7 Å². The quantitative estimate of drug-likeness (QED) is 0.106. The van der Waals surface area contributed by atoms with E-state index in [1.807, 2.05) is 78.9 Å². The zero-order chi connectivity index (χ0) is 47.4. The van der Waals surface area contributed by atoms with Crippen LogP contribution in [0.2, 0.25) is 0 Å². The number of aromatic nitrogens is 2. The number of benzene rings is 3. The van der Waals surface area contributed by atoms with Crippen molar-refractivity contribution < 1.29 is 33.6 Å². The van der Waals surface area contributed by atoms with Crippen LogP contribution in [0.1, 0.15) is 73.7 Å². The van der Waals surface area contributed by atoms with Crippen molar-refractivity contribution in [3.05, 3.63) is 106 Å². The molecule has 1 aromatic heterocycles. The van der Waals surface area contributed by atoms with Crippen molar-refractivity contribution >= 4 is 52.4 Å². The van der Waals surface area contributed by atoms with Gasteiger partial charge in [-0.2, -0.15) is 0 Å². The van der Waals surface area contributed by atoms with E-state index in [-0.39, 0.29) is 62.3 Å². The van der Waals surface area contributed by atoms with Gasteiger partial charge in [-0.15, -0.1) is 0 Å². The third-order valence-electron chi connectivity index (χ3n) is 13.6. The molecule has 354 valence electrons. The van der Waals surface area contributed by atoms with E-state index in [4.69, 9.17) is 11.5 Å². The number of carbonyl (C=O) groups excluding carboxylic acids is 7. The summed E-state index contributed by atoms with van der Waals surface area (Å²) in [4.78, 5) is 113. The van der Waals surface area contributed by atoms with Crippen LogP contribution >= 0.6 is 0 Å². The van der Waals surface area contributed by atoms with E-state index in [9.17, 15) is 38.4 Å². The first-order chi connectivity index (χ1) is 32.2. The molecule has 0 aliphatic carbocycles. The predicted molar refractivity (Wildman–Crippen MR) is 246 cm³/mol. The molecule has 3 aromatic carbocycles. The Morgan fingerprint density at radius 3 is 2.12 bits per heavy atom. The molecule has 5 heterocycles. The smallest absolute Gasteiger partial charge is 0.329 e. The lowest BCUT2D eigenvalue weighted by molar-refractivity contribution is -0.145. The van der Waals surface area contributed by atoms with Crippen LogP contribution < -0.4 is 33.1 Å². The number of piperidine rings is 1. The second-order valence-corrected chi connectivity index (χ2v) is 18.1. The molecule has 7 amide bonds. The van der Waals surface area contributed by atoms with E-state index >= 15 is 0 Å². The van der Waals surface area contributed by atoms with Crippen LogP contribution in [0.25, 0.3) is 11.0 Å². The van der Waals surface area contributed by atoms with Gasteiger partial charge in [-0.05, 0) is 60.9 Å². The molecule has 4 aliphatic heterocycles. The lowest BCUT2D eigenvalue weighted by Gasteiger charge is -2.39. The summed E-state index contributed by atoms with van der Waals surface area (Å²) in [5.74, 6) is -3.02. The van der Waals surface area contributed by atoms with E-state index in [2.05, 4.69) is 25.8 Å². The van der Waals surface area contributed by atoms with Crippen LogP contribution in [0.4, 0.5) is 0 Å². The second kappa shape index (κ2) is 20.4. The highest BCUT2D eigenvalue weighted by Gasteiger charge is 2.45. The van der Waals surface area contributed by atoms with E-state index in [0.717, 1.165) is 16.7 Å². The fraction of sp³-hybridized carbons (Fsp3) is 0.458. The molecule has 4 fully saturated rings. The summed E-state index contributed by atoms with van der Waals surface area (Å²) in [5.41, 5.74) is 15.7. The zero-order valence-electron chi connectivity index (χ0n) is 37.7. The number of nitrogens with one attached hydrogen (secondary N) is 3. The Hall–Kier alpha value is -6.70. The Bertz CT molecular complexity index is 2530. The van der Waals surface area contributed by atoms with Gasteiger partial charge in [0, 0.05) is 71.7 Å². The molecule has 19 heteroatoms. The highest BCUT2D eigenvalue weighted by atomic mass is 16.2. The standard InChI is InChI=1S/C48H59N11O8/c1-54-39-26-30(12-15-36(39)59(48(54)67)38-17-19-41(61)52-46(38)65)27-55-22-24-56(25-23-55)29-42(62)57-21-20-33-13-16-37(58(33)47(66)34(49)28-57)45(64)51-35(14-18-40(50)60)44(63)53-43(31-8-4-2-5-9-31)32-10-6-3-7-11-32/h2-12,15,26,33-35,37-38,43H,13-14,16-25,27-29,49H2,1H3,(H2,50,60)(H,51,64)(H,53,63)(H,52,61,65)/t33-,34+,35+,37+,38?/m1/s1. The first kappa shape index (κ1) is 46.8. The molecule has 7 N–H and O–H groups in total. The van der Waals surface area contributed by atoms with Gasteiger partial charge in [-0.1, -0.05) is 66.7 Å². The Kier molecular flexibility index (Phi) is 14.3. The van der Waals surface area contributed by atoms with Crippen LogP contribution in [-0.2, 0) is 47.2 Å². The summed E-state index contributed by atoms with van der Waals surface area (Å²) in [6.45, 7) is 3.83. The minimum Gasteiger partial charge on any atom is -0.370 e. The van der Waals surface area contributed by atoms with Crippen molar-refractivity contribution in [3.63, 3.8) is 0 Å². The van der Waals surface area contributed by atoms with E-state index in [0.29, 0.717) is 69.6 Å². The highest BCUT2D eigenvalue weighted by Crippen LogP contribution is 2.30. The molecular formula is C48H59N11O8. The SMILES string of the molecule is Cn1c(=O)n(C2CCC(=O)NC2=O)c2ccc(CN3CCN(CC(=O)N4CC[C@H]5CC[C@@H](C(=O)N[C@@H](CCC(N)=O)C(=O)NC(c6ccccc6)c6ccccc6)N5C(=O)[C@@H](N)C4)CC3)cc21. The molecule has 8 rings (SSSR count). The number of nitrogens with two attached hydrogens (primary N) is 2. The number of hydrogen-bond acceptors (Lipinski definition) is 11. The van der Waals surface area contributed by atoms with Crippen LogP contribution in [0.15, 0.2) is 83.7 Å². The van der Waals surface area contributed by atoms with Crippen LogP contribution in [0, 0.1) is 0 Å². The summed E-state index contributed by atoms with van der Waals surface area (Å²) >= 11 is 0. The molecule has 5 atom stereocenters. The molecule has 0 saturated carbocycles. The van der Waals surface area contributed by atoms with Gasteiger partial charge in [-0.25, -0.2) is 4.79 Å². The van der Waals surface area contributed by atoms with Crippen molar-refractivity contribution in [2.75, 3.05) is 45.8 Å². The number of aryl methyl sites for hydroxylation is 1. The molecular weight excluding hydrogens is 859 g/mol. The molecule has 0 radical (unpaired) electrons. The molecule has 0 spiro atoms. The number of hydrogen-bond donors (Lipinski definition) is 5. The lowest BCUT2D eigenvalue weighted by atomic mass is 9.98. The monoisotopic (exact) mass is 917 g/mol. The number of carbonyl (C=O) groups is 7.